The maximum absolute atomic E-state index is 12.9. The number of Topliss-reactive ketones (excluding diaryl/α,β-unsaturated/α-hetero) is 1. The number of rotatable bonds is 7. The molecule has 0 saturated heterocycles. The molecule has 1 aromatic rings. The second-order valence-electron chi connectivity index (χ2n) is 6.18. The number of carbonyl (C=O) groups excluding carboxylic acids is 1. The van der Waals surface area contributed by atoms with Gasteiger partial charge in [-0.05, 0) is 44.6 Å². The molecule has 0 bridgehead atoms. The number of carboxylic acid groups (broad SMARTS) is 1. The summed E-state index contributed by atoms with van der Waals surface area (Å²) < 4.78 is 13.2. The molecule has 1 N–H and O–H groups in total. The summed E-state index contributed by atoms with van der Waals surface area (Å²) in [5, 5.41) is 9.27. The molecule has 0 radical (unpaired) electrons. The molecule has 3 rings (SSSR count). The molecule has 1 atom stereocenters. The van der Waals surface area contributed by atoms with Gasteiger partial charge in [-0.15, -0.1) is 0 Å². The highest BCUT2D eigenvalue weighted by atomic mass is 16.7. The zero-order valence-corrected chi connectivity index (χ0v) is 14.5. The average molecular weight is 345 g/mol. The number of hydrogen-bond acceptors (Lipinski definition) is 4. The first-order chi connectivity index (χ1) is 12.0. The minimum Gasteiger partial charge on any atom is -0.481 e. The molecule has 1 aromatic heterocycles. The van der Waals surface area contributed by atoms with Gasteiger partial charge in [-0.3, -0.25) is 9.59 Å². The lowest BCUT2D eigenvalue weighted by atomic mass is 9.97. The van der Waals surface area contributed by atoms with Crippen LogP contribution >= 0.6 is 0 Å². The van der Waals surface area contributed by atoms with E-state index in [0.717, 1.165) is 0 Å². The van der Waals surface area contributed by atoms with Crippen molar-refractivity contribution in [1.29, 1.82) is 0 Å². The third kappa shape index (κ3) is 3.19. The van der Waals surface area contributed by atoms with Crippen molar-refractivity contribution < 1.29 is 24.2 Å². The minimum absolute atomic E-state index is 0.102. The van der Waals surface area contributed by atoms with E-state index in [4.69, 9.17) is 9.47 Å². The molecule has 1 aliphatic heterocycles. The molecule has 0 amide bonds. The maximum Gasteiger partial charge on any atom is 0.312 e. The molecule has 0 spiro atoms. The predicted molar refractivity (Wildman–Crippen MR) is 91.6 cm³/mol. The van der Waals surface area contributed by atoms with Crippen LogP contribution in [0.4, 0.5) is 0 Å². The van der Waals surface area contributed by atoms with Crippen LogP contribution in [0.2, 0.25) is 0 Å². The molecular formula is C19H23NO5. The van der Waals surface area contributed by atoms with Gasteiger partial charge in [-0.2, -0.15) is 0 Å². The van der Waals surface area contributed by atoms with E-state index in [1.165, 1.54) is 0 Å². The normalized spacial score (nSPS) is 21.0. The van der Waals surface area contributed by atoms with E-state index >= 15 is 0 Å². The van der Waals surface area contributed by atoms with E-state index in [-0.39, 0.29) is 5.78 Å². The highest BCUT2D eigenvalue weighted by Crippen LogP contribution is 2.33. The number of allylic oxidation sites excluding steroid dienone is 2. The van der Waals surface area contributed by atoms with Crippen molar-refractivity contribution in [2.45, 2.75) is 44.9 Å². The van der Waals surface area contributed by atoms with Crippen molar-refractivity contribution in [3.8, 4) is 0 Å². The average Bonchev–Trinajstić information content (AvgIpc) is 3.17. The van der Waals surface area contributed by atoms with Gasteiger partial charge in [0.15, 0.2) is 5.79 Å². The summed E-state index contributed by atoms with van der Waals surface area (Å²) in [6, 6.07) is 3.46. The third-order valence-corrected chi connectivity index (χ3v) is 4.71. The van der Waals surface area contributed by atoms with Crippen molar-refractivity contribution in [2.75, 3.05) is 13.2 Å². The fraction of sp³-hybridized carbons (Fsp3) is 0.474. The predicted octanol–water partition coefficient (Wildman–Crippen LogP) is 2.90. The summed E-state index contributed by atoms with van der Waals surface area (Å²) in [4.78, 5) is 24.1. The summed E-state index contributed by atoms with van der Waals surface area (Å²) >= 11 is 0. The number of aliphatic carboxylic acids is 1. The molecule has 2 heterocycles. The Morgan fingerprint density at radius 1 is 1.28 bits per heavy atom. The Bertz CT molecular complexity index is 737. The largest absolute Gasteiger partial charge is 0.481 e. The number of ether oxygens (including phenoxy) is 2. The Hall–Kier alpha value is -2.18. The Kier molecular flexibility index (Phi) is 4.92. The van der Waals surface area contributed by atoms with Gasteiger partial charge < -0.3 is 19.1 Å². The first-order valence-corrected chi connectivity index (χ1v) is 8.65. The zero-order valence-electron chi connectivity index (χ0n) is 14.5. The van der Waals surface area contributed by atoms with Crippen molar-refractivity contribution in [3.05, 3.63) is 47.3 Å². The van der Waals surface area contributed by atoms with Crippen molar-refractivity contribution in [3.63, 3.8) is 0 Å². The van der Waals surface area contributed by atoms with Gasteiger partial charge in [0.25, 0.3) is 0 Å². The fourth-order valence-corrected chi connectivity index (χ4v) is 3.56. The zero-order chi connectivity index (χ0) is 18.0. The standard InChI is InChI=1S/C19H23NO5/c1-3-24-19(25-4-2)10-7-13(8-11-19)17(21)16-6-5-15-14(18(22)23)9-12-20(15)16/h5-8,10,14H,3-4,9,11-12H2,1-2H3,(H,22,23). The van der Waals surface area contributed by atoms with Crippen LogP contribution in [-0.2, 0) is 20.8 Å². The van der Waals surface area contributed by atoms with Gasteiger partial charge in [-0.25, -0.2) is 0 Å². The second kappa shape index (κ2) is 6.98. The number of nitrogens with zero attached hydrogens (tertiary/aromatic N) is 1. The van der Waals surface area contributed by atoms with Crippen LogP contribution in [0.5, 0.6) is 0 Å². The molecule has 1 aliphatic carbocycles. The maximum atomic E-state index is 12.9. The molecular weight excluding hydrogens is 322 g/mol. The van der Waals surface area contributed by atoms with E-state index in [1.54, 1.807) is 24.3 Å². The first-order valence-electron chi connectivity index (χ1n) is 8.65. The monoisotopic (exact) mass is 345 g/mol. The van der Waals surface area contributed by atoms with E-state index in [0.29, 0.717) is 49.6 Å². The number of carbonyl (C=O) groups is 2. The van der Waals surface area contributed by atoms with Crippen molar-refractivity contribution in [1.82, 2.24) is 4.57 Å². The molecule has 1 unspecified atom stereocenters. The van der Waals surface area contributed by atoms with Crippen LogP contribution in [0.1, 0.15) is 48.8 Å². The Balaban J connectivity index is 1.80. The van der Waals surface area contributed by atoms with Crippen LogP contribution < -0.4 is 0 Å². The van der Waals surface area contributed by atoms with Crippen molar-refractivity contribution in [2.24, 2.45) is 0 Å². The van der Waals surface area contributed by atoms with Gasteiger partial charge in [0.05, 0.1) is 11.6 Å². The Morgan fingerprint density at radius 3 is 2.56 bits per heavy atom. The summed E-state index contributed by atoms with van der Waals surface area (Å²) in [6.45, 7) is 5.40. The SMILES string of the molecule is CCOC1(OCC)C=CC(C(=O)c2ccc3n2CCC3C(=O)O)=CC1. The fourth-order valence-electron chi connectivity index (χ4n) is 3.56. The lowest BCUT2D eigenvalue weighted by Gasteiger charge is -2.31. The summed E-state index contributed by atoms with van der Waals surface area (Å²) in [5.41, 5.74) is 1.82. The number of ketones is 1. The molecule has 6 nitrogen and oxygen atoms in total. The van der Waals surface area contributed by atoms with Crippen LogP contribution in [0.25, 0.3) is 0 Å². The second-order valence-corrected chi connectivity index (χ2v) is 6.18. The Morgan fingerprint density at radius 2 is 2.00 bits per heavy atom. The third-order valence-electron chi connectivity index (χ3n) is 4.71. The van der Waals surface area contributed by atoms with Gasteiger partial charge in [-0.1, -0.05) is 6.08 Å². The van der Waals surface area contributed by atoms with Gasteiger partial charge in [0.2, 0.25) is 5.78 Å². The molecule has 25 heavy (non-hydrogen) atoms. The number of aromatic nitrogens is 1. The smallest absolute Gasteiger partial charge is 0.312 e. The molecule has 0 aromatic carbocycles. The van der Waals surface area contributed by atoms with Gasteiger partial charge in [0, 0.05) is 37.4 Å². The Labute approximate surface area is 146 Å². The summed E-state index contributed by atoms with van der Waals surface area (Å²) in [5.74, 6) is -2.27. The van der Waals surface area contributed by atoms with E-state index < -0.39 is 17.7 Å². The van der Waals surface area contributed by atoms with E-state index in [2.05, 4.69) is 0 Å². The highest BCUT2D eigenvalue weighted by molar-refractivity contribution is 6.10. The molecule has 2 aliphatic rings. The molecule has 0 saturated carbocycles. The van der Waals surface area contributed by atoms with Crippen LogP contribution in [-0.4, -0.2) is 40.4 Å². The molecule has 0 fully saturated rings. The van der Waals surface area contributed by atoms with E-state index in [9.17, 15) is 14.7 Å². The summed E-state index contributed by atoms with van der Waals surface area (Å²) in [6.07, 6.45) is 6.36. The van der Waals surface area contributed by atoms with Crippen molar-refractivity contribution >= 4 is 11.8 Å². The van der Waals surface area contributed by atoms with Crippen LogP contribution in [0.3, 0.4) is 0 Å². The minimum atomic E-state index is -0.842. The number of hydrogen-bond donors (Lipinski definition) is 1. The van der Waals surface area contributed by atoms with Crippen LogP contribution in [0.15, 0.2) is 35.9 Å². The van der Waals surface area contributed by atoms with E-state index in [1.807, 2.05) is 24.5 Å². The number of carboxylic acids is 1. The molecule has 134 valence electrons. The lowest BCUT2D eigenvalue weighted by Crippen LogP contribution is -2.35. The summed E-state index contributed by atoms with van der Waals surface area (Å²) in [7, 11) is 0. The topological polar surface area (TPSA) is 77.8 Å². The number of fused-ring (bicyclic) bond motifs is 1. The lowest BCUT2D eigenvalue weighted by molar-refractivity contribution is -0.197. The highest BCUT2D eigenvalue weighted by Gasteiger charge is 2.34. The quantitative estimate of drug-likeness (QED) is 0.607. The van der Waals surface area contributed by atoms with Crippen LogP contribution in [0, 0.1) is 0 Å². The van der Waals surface area contributed by atoms with Gasteiger partial charge in [0.1, 0.15) is 0 Å². The molecule has 6 heteroatoms. The van der Waals surface area contributed by atoms with Gasteiger partial charge >= 0.3 is 5.97 Å². The first kappa shape index (κ1) is 17.6.